The van der Waals surface area contributed by atoms with Gasteiger partial charge in [-0.15, -0.1) is 0 Å². The first kappa shape index (κ1) is 18.0. The molecule has 0 saturated carbocycles. The van der Waals surface area contributed by atoms with Crippen LogP contribution in [0.3, 0.4) is 0 Å². The van der Waals surface area contributed by atoms with Crippen LogP contribution in [0.1, 0.15) is 30.9 Å². The molecule has 22 heavy (non-hydrogen) atoms. The summed E-state index contributed by atoms with van der Waals surface area (Å²) in [5.41, 5.74) is -0.582. The van der Waals surface area contributed by atoms with Crippen LogP contribution >= 0.6 is 0 Å². The number of hydrogen-bond donors (Lipinski definition) is 2. The van der Waals surface area contributed by atoms with Crippen LogP contribution in [0.5, 0.6) is 0 Å². The molecule has 1 aromatic rings. The Morgan fingerprint density at radius 1 is 1.32 bits per heavy atom. The highest BCUT2D eigenvalue weighted by atomic mass is 19.4. The maximum Gasteiger partial charge on any atom is 0.416 e. The van der Waals surface area contributed by atoms with E-state index >= 15 is 0 Å². The van der Waals surface area contributed by atoms with Crippen LogP contribution in [0.2, 0.25) is 0 Å². The smallest absolute Gasteiger partial charge is 0.416 e. The molecule has 0 aromatic heterocycles. The molecule has 0 aliphatic carbocycles. The van der Waals surface area contributed by atoms with Crippen molar-refractivity contribution in [2.45, 2.75) is 32.4 Å². The van der Waals surface area contributed by atoms with Crippen molar-refractivity contribution in [1.82, 2.24) is 5.32 Å². The number of rotatable bonds is 7. The van der Waals surface area contributed by atoms with Crippen molar-refractivity contribution in [3.05, 3.63) is 35.4 Å². The molecule has 2 N–H and O–H groups in total. The summed E-state index contributed by atoms with van der Waals surface area (Å²) in [6, 6.07) is 4.52. The molecular weight excluding hydrogens is 299 g/mol. The molecular formula is C15H18F3NO3. The van der Waals surface area contributed by atoms with Gasteiger partial charge in [0.05, 0.1) is 17.9 Å². The third kappa shape index (κ3) is 5.75. The Morgan fingerprint density at radius 2 is 2.00 bits per heavy atom. The van der Waals surface area contributed by atoms with E-state index in [2.05, 4.69) is 5.32 Å². The summed E-state index contributed by atoms with van der Waals surface area (Å²) >= 11 is 0. The van der Waals surface area contributed by atoms with Crippen LogP contribution in [0.4, 0.5) is 13.2 Å². The molecule has 0 saturated heterocycles. The van der Waals surface area contributed by atoms with Crippen molar-refractivity contribution >= 4 is 11.9 Å². The molecule has 0 heterocycles. The van der Waals surface area contributed by atoms with Crippen molar-refractivity contribution in [3.8, 4) is 0 Å². The van der Waals surface area contributed by atoms with E-state index in [1.807, 2.05) is 6.92 Å². The second-order valence-electron chi connectivity index (χ2n) is 5.00. The molecule has 1 unspecified atom stereocenters. The lowest BCUT2D eigenvalue weighted by molar-refractivity contribution is -0.142. The summed E-state index contributed by atoms with van der Waals surface area (Å²) in [6.45, 7) is 1.81. The van der Waals surface area contributed by atoms with E-state index in [4.69, 9.17) is 5.11 Å². The van der Waals surface area contributed by atoms with E-state index in [0.29, 0.717) is 12.8 Å². The molecule has 1 amide bonds. The second-order valence-corrected chi connectivity index (χ2v) is 5.00. The van der Waals surface area contributed by atoms with Gasteiger partial charge in [-0.1, -0.05) is 31.5 Å². The molecule has 1 atom stereocenters. The Hall–Kier alpha value is -2.05. The Balaban J connectivity index is 2.60. The highest BCUT2D eigenvalue weighted by Crippen LogP contribution is 2.29. The first-order valence-electron chi connectivity index (χ1n) is 6.89. The fraction of sp³-hybridized carbons (Fsp3) is 0.467. The summed E-state index contributed by atoms with van der Waals surface area (Å²) < 4.78 is 37.7. The fourth-order valence-corrected chi connectivity index (χ4v) is 2.00. The molecule has 1 rings (SSSR count). The largest absolute Gasteiger partial charge is 0.481 e. The number of carboxylic acids is 1. The van der Waals surface area contributed by atoms with Gasteiger partial charge in [0.25, 0.3) is 0 Å². The van der Waals surface area contributed by atoms with Crippen molar-refractivity contribution in [3.63, 3.8) is 0 Å². The van der Waals surface area contributed by atoms with E-state index in [1.165, 1.54) is 12.1 Å². The molecule has 0 aliphatic heterocycles. The molecule has 0 aliphatic rings. The Kier molecular flexibility index (Phi) is 6.39. The average Bonchev–Trinajstić information content (AvgIpc) is 2.42. The number of carbonyl (C=O) groups is 2. The lowest BCUT2D eigenvalue weighted by Gasteiger charge is -2.13. The zero-order valence-corrected chi connectivity index (χ0v) is 12.1. The average molecular weight is 317 g/mol. The minimum absolute atomic E-state index is 0.0268. The number of hydrogen-bond acceptors (Lipinski definition) is 2. The minimum Gasteiger partial charge on any atom is -0.481 e. The lowest BCUT2D eigenvalue weighted by atomic mass is 10.0. The SMILES string of the molecule is CCCC(CNC(=O)Cc1cccc(C(F)(F)F)c1)C(=O)O. The maximum absolute atomic E-state index is 12.6. The normalized spacial score (nSPS) is 12.7. The molecule has 122 valence electrons. The van der Waals surface area contributed by atoms with Crippen LogP contribution in [0.15, 0.2) is 24.3 Å². The molecule has 7 heteroatoms. The summed E-state index contributed by atoms with van der Waals surface area (Å²) in [7, 11) is 0. The van der Waals surface area contributed by atoms with Crippen molar-refractivity contribution in [1.29, 1.82) is 0 Å². The van der Waals surface area contributed by atoms with Gasteiger partial charge in [0.15, 0.2) is 0 Å². The zero-order chi connectivity index (χ0) is 16.8. The Labute approximate surface area is 126 Å². The molecule has 4 nitrogen and oxygen atoms in total. The van der Waals surface area contributed by atoms with Gasteiger partial charge in [0, 0.05) is 6.54 Å². The predicted molar refractivity (Wildman–Crippen MR) is 74.2 cm³/mol. The fourth-order valence-electron chi connectivity index (χ4n) is 2.00. The second kappa shape index (κ2) is 7.82. The van der Waals surface area contributed by atoms with Gasteiger partial charge < -0.3 is 10.4 Å². The van der Waals surface area contributed by atoms with Crippen LogP contribution in [-0.4, -0.2) is 23.5 Å². The Bertz CT molecular complexity index is 529. The summed E-state index contributed by atoms with van der Waals surface area (Å²) in [6.07, 6.45) is -3.58. The predicted octanol–water partition coefficient (Wildman–Crippen LogP) is 2.87. The number of aliphatic carboxylic acids is 1. The number of halogens is 3. The summed E-state index contributed by atoms with van der Waals surface area (Å²) in [5, 5.41) is 11.4. The van der Waals surface area contributed by atoms with Crippen molar-refractivity contribution in [2.24, 2.45) is 5.92 Å². The monoisotopic (exact) mass is 317 g/mol. The van der Waals surface area contributed by atoms with Gasteiger partial charge in [0.2, 0.25) is 5.91 Å². The molecule has 0 bridgehead atoms. The van der Waals surface area contributed by atoms with E-state index in [-0.39, 0.29) is 18.5 Å². The highest BCUT2D eigenvalue weighted by molar-refractivity contribution is 5.79. The number of amides is 1. The van der Waals surface area contributed by atoms with E-state index < -0.39 is 29.5 Å². The van der Waals surface area contributed by atoms with E-state index in [1.54, 1.807) is 0 Å². The van der Waals surface area contributed by atoms with Gasteiger partial charge in [-0.05, 0) is 18.1 Å². The van der Waals surface area contributed by atoms with Gasteiger partial charge in [0.1, 0.15) is 0 Å². The third-order valence-electron chi connectivity index (χ3n) is 3.15. The van der Waals surface area contributed by atoms with Crippen LogP contribution in [0.25, 0.3) is 0 Å². The van der Waals surface area contributed by atoms with E-state index in [0.717, 1.165) is 12.1 Å². The number of carbonyl (C=O) groups excluding carboxylic acids is 1. The van der Waals surface area contributed by atoms with Crippen LogP contribution < -0.4 is 5.32 Å². The van der Waals surface area contributed by atoms with Gasteiger partial charge >= 0.3 is 12.1 Å². The van der Waals surface area contributed by atoms with Crippen LogP contribution in [0, 0.1) is 5.92 Å². The molecule has 0 radical (unpaired) electrons. The third-order valence-corrected chi connectivity index (χ3v) is 3.15. The number of alkyl halides is 3. The quantitative estimate of drug-likeness (QED) is 0.812. The topological polar surface area (TPSA) is 66.4 Å². The first-order chi connectivity index (χ1) is 10.2. The van der Waals surface area contributed by atoms with Crippen molar-refractivity contribution < 1.29 is 27.9 Å². The van der Waals surface area contributed by atoms with Crippen LogP contribution in [-0.2, 0) is 22.2 Å². The molecule has 0 fully saturated rings. The number of benzene rings is 1. The van der Waals surface area contributed by atoms with Crippen molar-refractivity contribution in [2.75, 3.05) is 6.54 Å². The molecule has 0 spiro atoms. The van der Waals surface area contributed by atoms with Gasteiger partial charge in [-0.3, -0.25) is 9.59 Å². The molecule has 1 aromatic carbocycles. The van der Waals surface area contributed by atoms with Gasteiger partial charge in [-0.2, -0.15) is 13.2 Å². The highest BCUT2D eigenvalue weighted by Gasteiger charge is 2.30. The summed E-state index contributed by atoms with van der Waals surface area (Å²) in [5.74, 6) is -2.18. The number of carboxylic acid groups (broad SMARTS) is 1. The van der Waals surface area contributed by atoms with Gasteiger partial charge in [-0.25, -0.2) is 0 Å². The maximum atomic E-state index is 12.6. The number of nitrogens with one attached hydrogen (secondary N) is 1. The van der Waals surface area contributed by atoms with E-state index in [9.17, 15) is 22.8 Å². The summed E-state index contributed by atoms with van der Waals surface area (Å²) in [4.78, 5) is 22.7. The Morgan fingerprint density at radius 3 is 2.55 bits per heavy atom. The lowest BCUT2D eigenvalue weighted by Crippen LogP contribution is -2.33. The zero-order valence-electron chi connectivity index (χ0n) is 12.1. The standard InChI is InChI=1S/C15H18F3NO3/c1-2-4-11(14(21)22)9-19-13(20)8-10-5-3-6-12(7-10)15(16,17)18/h3,5-7,11H,2,4,8-9H2,1H3,(H,19,20)(H,21,22). The minimum atomic E-state index is -4.46. The first-order valence-corrected chi connectivity index (χ1v) is 6.89.